The van der Waals surface area contributed by atoms with E-state index in [2.05, 4.69) is 10.2 Å². The van der Waals surface area contributed by atoms with Gasteiger partial charge in [0.1, 0.15) is 5.75 Å². The van der Waals surface area contributed by atoms with E-state index in [1.54, 1.807) is 12.1 Å². The smallest absolute Gasteiger partial charge is 0.115 e. The van der Waals surface area contributed by atoms with Gasteiger partial charge in [0.05, 0.1) is 0 Å². The van der Waals surface area contributed by atoms with Gasteiger partial charge in [-0.05, 0) is 62.4 Å². The molecule has 1 aliphatic heterocycles. The SMILES string of the molecule is Oc1ccc(CN(CC2CCCNC2)C2CC2)cc1. The van der Waals surface area contributed by atoms with Crippen molar-refractivity contribution in [3.63, 3.8) is 0 Å². The minimum atomic E-state index is 0.359. The normalized spacial score (nSPS) is 23.7. The molecular weight excluding hydrogens is 236 g/mol. The summed E-state index contributed by atoms with van der Waals surface area (Å²) in [5, 5.41) is 12.9. The third-order valence-electron chi connectivity index (χ3n) is 4.28. The van der Waals surface area contributed by atoms with Crippen molar-refractivity contribution in [3.05, 3.63) is 29.8 Å². The number of benzene rings is 1. The van der Waals surface area contributed by atoms with E-state index in [1.165, 1.54) is 50.9 Å². The third-order valence-corrected chi connectivity index (χ3v) is 4.28. The summed E-state index contributed by atoms with van der Waals surface area (Å²) < 4.78 is 0. The molecule has 0 spiro atoms. The Morgan fingerprint density at radius 3 is 2.58 bits per heavy atom. The van der Waals surface area contributed by atoms with E-state index in [9.17, 15) is 5.11 Å². The first-order valence-electron chi connectivity index (χ1n) is 7.54. The summed E-state index contributed by atoms with van der Waals surface area (Å²) in [6, 6.07) is 8.48. The maximum absolute atomic E-state index is 9.35. The second kappa shape index (κ2) is 5.93. The molecule has 0 bridgehead atoms. The van der Waals surface area contributed by atoms with Gasteiger partial charge in [0.15, 0.2) is 0 Å². The predicted octanol–water partition coefficient (Wildman–Crippen LogP) is 2.36. The van der Waals surface area contributed by atoms with Crippen LogP contribution in [0.15, 0.2) is 24.3 Å². The van der Waals surface area contributed by atoms with Gasteiger partial charge in [-0.3, -0.25) is 4.90 Å². The van der Waals surface area contributed by atoms with Crippen LogP contribution in [0.1, 0.15) is 31.2 Å². The highest BCUT2D eigenvalue weighted by atomic mass is 16.3. The van der Waals surface area contributed by atoms with E-state index < -0.39 is 0 Å². The minimum absolute atomic E-state index is 0.359. The Kier molecular flexibility index (Phi) is 4.04. The summed E-state index contributed by atoms with van der Waals surface area (Å²) in [6.45, 7) is 4.62. The molecule has 0 amide bonds. The van der Waals surface area contributed by atoms with Crippen LogP contribution in [0.3, 0.4) is 0 Å². The van der Waals surface area contributed by atoms with Crippen molar-refractivity contribution >= 4 is 0 Å². The molecule has 3 nitrogen and oxygen atoms in total. The number of nitrogens with zero attached hydrogens (tertiary/aromatic N) is 1. The fourth-order valence-corrected chi connectivity index (χ4v) is 3.03. The maximum atomic E-state index is 9.35. The molecule has 2 fully saturated rings. The molecule has 0 aromatic heterocycles. The van der Waals surface area contributed by atoms with Crippen LogP contribution in [0.5, 0.6) is 5.75 Å². The predicted molar refractivity (Wildman–Crippen MR) is 77.1 cm³/mol. The first kappa shape index (κ1) is 12.9. The average Bonchev–Trinajstić information content (AvgIpc) is 3.26. The third kappa shape index (κ3) is 3.71. The van der Waals surface area contributed by atoms with Gasteiger partial charge < -0.3 is 10.4 Å². The number of phenolic OH excluding ortho intramolecular Hbond substituents is 1. The zero-order valence-corrected chi connectivity index (χ0v) is 11.5. The van der Waals surface area contributed by atoms with Crippen LogP contribution in [0, 0.1) is 5.92 Å². The molecule has 1 saturated carbocycles. The van der Waals surface area contributed by atoms with Crippen molar-refractivity contribution < 1.29 is 5.11 Å². The Hall–Kier alpha value is -1.06. The summed E-state index contributed by atoms with van der Waals surface area (Å²) in [5.41, 5.74) is 1.31. The van der Waals surface area contributed by atoms with E-state index in [-0.39, 0.29) is 0 Å². The number of piperidine rings is 1. The summed E-state index contributed by atoms with van der Waals surface area (Å²) >= 11 is 0. The first-order valence-corrected chi connectivity index (χ1v) is 7.54. The molecular formula is C16H24N2O. The second-order valence-electron chi connectivity index (χ2n) is 6.04. The van der Waals surface area contributed by atoms with Crippen LogP contribution in [0.2, 0.25) is 0 Å². The number of hydrogen-bond acceptors (Lipinski definition) is 3. The van der Waals surface area contributed by atoms with Gasteiger partial charge in [0.25, 0.3) is 0 Å². The zero-order valence-electron chi connectivity index (χ0n) is 11.5. The summed E-state index contributed by atoms with van der Waals surface area (Å²) in [7, 11) is 0. The van der Waals surface area contributed by atoms with E-state index in [1.807, 2.05) is 12.1 Å². The fraction of sp³-hybridized carbons (Fsp3) is 0.625. The van der Waals surface area contributed by atoms with Gasteiger partial charge in [0.2, 0.25) is 0 Å². The quantitative estimate of drug-likeness (QED) is 0.853. The molecule has 104 valence electrons. The van der Waals surface area contributed by atoms with Crippen molar-refractivity contribution in [2.45, 2.75) is 38.3 Å². The number of rotatable bonds is 5. The lowest BCUT2D eigenvalue weighted by molar-refractivity contribution is 0.193. The molecule has 1 aliphatic carbocycles. The number of hydrogen-bond donors (Lipinski definition) is 2. The van der Waals surface area contributed by atoms with Gasteiger partial charge in [-0.25, -0.2) is 0 Å². The van der Waals surface area contributed by atoms with Crippen LogP contribution < -0.4 is 5.32 Å². The Balaban J connectivity index is 1.59. The second-order valence-corrected chi connectivity index (χ2v) is 6.04. The highest BCUT2D eigenvalue weighted by molar-refractivity contribution is 5.25. The number of nitrogens with one attached hydrogen (secondary N) is 1. The fourth-order valence-electron chi connectivity index (χ4n) is 3.03. The van der Waals surface area contributed by atoms with Crippen LogP contribution in [-0.4, -0.2) is 35.7 Å². The Bertz CT molecular complexity index is 394. The van der Waals surface area contributed by atoms with Crippen molar-refractivity contribution in [3.8, 4) is 5.75 Å². The van der Waals surface area contributed by atoms with Crippen molar-refractivity contribution in [1.29, 1.82) is 0 Å². The highest BCUT2D eigenvalue weighted by Gasteiger charge is 2.30. The number of phenols is 1. The Morgan fingerprint density at radius 2 is 1.95 bits per heavy atom. The lowest BCUT2D eigenvalue weighted by Crippen LogP contribution is -2.39. The van der Waals surface area contributed by atoms with Gasteiger partial charge in [-0.2, -0.15) is 0 Å². The maximum Gasteiger partial charge on any atom is 0.115 e. The molecule has 3 heteroatoms. The molecule has 1 aromatic carbocycles. The summed E-state index contributed by atoms with van der Waals surface area (Å²) in [5.74, 6) is 1.17. The van der Waals surface area contributed by atoms with E-state index >= 15 is 0 Å². The van der Waals surface area contributed by atoms with Crippen LogP contribution in [-0.2, 0) is 6.54 Å². The van der Waals surface area contributed by atoms with Crippen LogP contribution in [0.25, 0.3) is 0 Å². The molecule has 1 aromatic rings. The monoisotopic (exact) mass is 260 g/mol. The van der Waals surface area contributed by atoms with Gasteiger partial charge in [0, 0.05) is 19.1 Å². The first-order chi connectivity index (χ1) is 9.31. The zero-order chi connectivity index (χ0) is 13.1. The average molecular weight is 260 g/mol. The molecule has 3 rings (SSSR count). The van der Waals surface area contributed by atoms with E-state index in [0.29, 0.717) is 5.75 Å². The van der Waals surface area contributed by atoms with Crippen molar-refractivity contribution in [2.24, 2.45) is 5.92 Å². The number of aromatic hydroxyl groups is 1. The van der Waals surface area contributed by atoms with Crippen LogP contribution in [0.4, 0.5) is 0 Å². The lowest BCUT2D eigenvalue weighted by Gasteiger charge is -2.30. The van der Waals surface area contributed by atoms with Crippen molar-refractivity contribution in [1.82, 2.24) is 10.2 Å². The summed E-state index contributed by atoms with van der Waals surface area (Å²) in [6.07, 6.45) is 5.41. The lowest BCUT2D eigenvalue weighted by atomic mass is 9.98. The molecule has 2 N–H and O–H groups in total. The molecule has 1 heterocycles. The summed E-state index contributed by atoms with van der Waals surface area (Å²) in [4.78, 5) is 2.64. The minimum Gasteiger partial charge on any atom is -0.508 e. The standard InChI is InChI=1S/C16H24N2O/c19-16-7-3-13(4-8-16)11-18(15-5-6-15)12-14-2-1-9-17-10-14/h3-4,7-8,14-15,17,19H,1-2,5-6,9-12H2. The molecule has 19 heavy (non-hydrogen) atoms. The van der Waals surface area contributed by atoms with E-state index in [4.69, 9.17) is 0 Å². The Labute approximate surface area is 115 Å². The molecule has 1 unspecified atom stereocenters. The Morgan fingerprint density at radius 1 is 1.16 bits per heavy atom. The van der Waals surface area contributed by atoms with Gasteiger partial charge >= 0.3 is 0 Å². The highest BCUT2D eigenvalue weighted by Crippen LogP contribution is 2.30. The van der Waals surface area contributed by atoms with Gasteiger partial charge in [-0.1, -0.05) is 12.1 Å². The van der Waals surface area contributed by atoms with Crippen molar-refractivity contribution in [2.75, 3.05) is 19.6 Å². The molecule has 1 saturated heterocycles. The topological polar surface area (TPSA) is 35.5 Å². The largest absolute Gasteiger partial charge is 0.508 e. The van der Waals surface area contributed by atoms with Crippen LogP contribution >= 0.6 is 0 Å². The molecule has 0 radical (unpaired) electrons. The van der Waals surface area contributed by atoms with E-state index in [0.717, 1.165) is 18.5 Å². The molecule has 2 aliphatic rings. The van der Waals surface area contributed by atoms with Gasteiger partial charge in [-0.15, -0.1) is 0 Å². The molecule has 1 atom stereocenters.